The highest BCUT2D eigenvalue weighted by atomic mass is 28.4. The summed E-state index contributed by atoms with van der Waals surface area (Å²) in [5.41, 5.74) is 0.528. The lowest BCUT2D eigenvalue weighted by Crippen LogP contribution is -2.46. The highest BCUT2D eigenvalue weighted by molar-refractivity contribution is 6.75. The van der Waals surface area contributed by atoms with E-state index in [0.717, 1.165) is 0 Å². The molecule has 94 valence electrons. The molecule has 2 rings (SSSR count). The van der Waals surface area contributed by atoms with Gasteiger partial charge in [0.1, 0.15) is 0 Å². The molecule has 0 aromatic rings. The minimum absolute atomic E-state index is 0.199. The van der Waals surface area contributed by atoms with E-state index in [-0.39, 0.29) is 5.60 Å². The van der Waals surface area contributed by atoms with Crippen molar-refractivity contribution >= 4 is 8.32 Å². The maximum atomic E-state index is 6.75. The van der Waals surface area contributed by atoms with E-state index in [2.05, 4.69) is 40.8 Å². The van der Waals surface area contributed by atoms with Crippen molar-refractivity contribution < 1.29 is 4.43 Å². The van der Waals surface area contributed by atoms with Crippen molar-refractivity contribution in [1.82, 2.24) is 0 Å². The van der Waals surface area contributed by atoms with Gasteiger partial charge in [0.2, 0.25) is 0 Å². The standard InChI is InChI=1S/C14H28OSi/c1-12(2)13(3,4)16(5,6)15-14(12)10-8-7-9-11-14/h7-11H2,1-6H3. The summed E-state index contributed by atoms with van der Waals surface area (Å²) in [6.45, 7) is 14.6. The van der Waals surface area contributed by atoms with Crippen LogP contribution in [-0.4, -0.2) is 13.9 Å². The molecule has 1 aliphatic heterocycles. The minimum Gasteiger partial charge on any atom is -0.411 e. The van der Waals surface area contributed by atoms with Gasteiger partial charge >= 0.3 is 0 Å². The minimum atomic E-state index is -1.56. The lowest BCUT2D eigenvalue weighted by atomic mass is 9.62. The second kappa shape index (κ2) is 3.35. The quantitative estimate of drug-likeness (QED) is 0.556. The monoisotopic (exact) mass is 240 g/mol. The Kier molecular flexibility index (Phi) is 2.64. The molecule has 0 bridgehead atoms. The zero-order valence-electron chi connectivity index (χ0n) is 11.9. The predicted molar refractivity (Wildman–Crippen MR) is 72.2 cm³/mol. The highest BCUT2D eigenvalue weighted by Gasteiger charge is 2.68. The fourth-order valence-corrected chi connectivity index (χ4v) is 7.34. The van der Waals surface area contributed by atoms with Crippen LogP contribution in [0.5, 0.6) is 0 Å². The average Bonchev–Trinajstić information content (AvgIpc) is 2.25. The average molecular weight is 240 g/mol. The molecule has 1 nitrogen and oxygen atoms in total. The Morgan fingerprint density at radius 1 is 0.875 bits per heavy atom. The van der Waals surface area contributed by atoms with Gasteiger partial charge in [0, 0.05) is 0 Å². The van der Waals surface area contributed by atoms with Crippen molar-refractivity contribution in [3.8, 4) is 0 Å². The van der Waals surface area contributed by atoms with Gasteiger partial charge in [0.25, 0.3) is 0 Å². The molecule has 2 aliphatic rings. The van der Waals surface area contributed by atoms with E-state index in [1.54, 1.807) is 0 Å². The molecule has 0 amide bonds. The molecule has 0 radical (unpaired) electrons. The van der Waals surface area contributed by atoms with Crippen molar-refractivity contribution in [2.45, 2.75) is 83.5 Å². The van der Waals surface area contributed by atoms with Crippen molar-refractivity contribution in [2.24, 2.45) is 5.41 Å². The molecular formula is C14H28OSi. The molecule has 0 aromatic carbocycles. The highest BCUT2D eigenvalue weighted by Crippen LogP contribution is 2.68. The Hall–Kier alpha value is 0.177. The van der Waals surface area contributed by atoms with Crippen LogP contribution < -0.4 is 0 Å². The maximum Gasteiger partial charge on any atom is 0.193 e. The Labute approximate surface area is 102 Å². The Balaban J connectivity index is 2.43. The van der Waals surface area contributed by atoms with Crippen molar-refractivity contribution in [1.29, 1.82) is 0 Å². The van der Waals surface area contributed by atoms with Gasteiger partial charge in [-0.2, -0.15) is 0 Å². The van der Waals surface area contributed by atoms with E-state index >= 15 is 0 Å². The van der Waals surface area contributed by atoms with Crippen LogP contribution in [0.3, 0.4) is 0 Å². The Bertz CT molecular complexity index is 285. The van der Waals surface area contributed by atoms with Gasteiger partial charge in [0.05, 0.1) is 5.60 Å². The topological polar surface area (TPSA) is 9.23 Å². The summed E-state index contributed by atoms with van der Waals surface area (Å²) in [5, 5.41) is 0.372. The first kappa shape index (κ1) is 12.6. The van der Waals surface area contributed by atoms with Crippen LogP contribution in [0.15, 0.2) is 0 Å². The smallest absolute Gasteiger partial charge is 0.193 e. The fraction of sp³-hybridized carbons (Fsp3) is 1.00. The zero-order chi connectivity index (χ0) is 12.2. The molecule has 0 N–H and O–H groups in total. The molecule has 1 heterocycles. The van der Waals surface area contributed by atoms with E-state index in [1.807, 2.05) is 0 Å². The second-order valence-corrected chi connectivity index (χ2v) is 11.9. The summed E-state index contributed by atoms with van der Waals surface area (Å²) in [6, 6.07) is 0. The van der Waals surface area contributed by atoms with E-state index in [4.69, 9.17) is 4.43 Å². The van der Waals surface area contributed by atoms with E-state index in [9.17, 15) is 0 Å². The van der Waals surface area contributed by atoms with Gasteiger partial charge in [-0.3, -0.25) is 0 Å². The summed E-state index contributed by atoms with van der Waals surface area (Å²) in [5.74, 6) is 0. The van der Waals surface area contributed by atoms with Crippen molar-refractivity contribution in [3.63, 3.8) is 0 Å². The third-order valence-corrected chi connectivity index (χ3v) is 10.9. The van der Waals surface area contributed by atoms with Crippen LogP contribution in [0, 0.1) is 5.41 Å². The molecule has 1 spiro atoms. The Morgan fingerprint density at radius 3 is 1.75 bits per heavy atom. The summed E-state index contributed by atoms with van der Waals surface area (Å²) >= 11 is 0. The molecule has 0 unspecified atom stereocenters. The molecule has 0 aromatic heterocycles. The fourth-order valence-electron chi connectivity index (χ4n) is 3.92. The number of hydrogen-bond acceptors (Lipinski definition) is 1. The van der Waals surface area contributed by atoms with Gasteiger partial charge in [-0.05, 0) is 36.4 Å². The van der Waals surface area contributed by atoms with Gasteiger partial charge in [0.15, 0.2) is 8.32 Å². The normalized spacial score (nSPS) is 34.1. The first-order chi connectivity index (χ1) is 7.16. The maximum absolute atomic E-state index is 6.75. The van der Waals surface area contributed by atoms with Crippen LogP contribution in [0.1, 0.15) is 59.8 Å². The summed E-state index contributed by atoms with van der Waals surface area (Å²) in [4.78, 5) is 0. The molecule has 2 fully saturated rings. The van der Waals surface area contributed by atoms with Gasteiger partial charge in [-0.15, -0.1) is 0 Å². The van der Waals surface area contributed by atoms with E-state index in [0.29, 0.717) is 10.5 Å². The lowest BCUT2D eigenvalue weighted by Gasteiger charge is -2.48. The molecule has 0 atom stereocenters. The first-order valence-corrected chi connectivity index (χ1v) is 9.77. The van der Waals surface area contributed by atoms with Crippen LogP contribution in [0.4, 0.5) is 0 Å². The summed E-state index contributed by atoms with van der Waals surface area (Å²) in [7, 11) is -1.56. The second-order valence-electron chi connectivity index (χ2n) is 7.42. The largest absolute Gasteiger partial charge is 0.411 e. The Morgan fingerprint density at radius 2 is 1.38 bits per heavy atom. The summed E-state index contributed by atoms with van der Waals surface area (Å²) < 4.78 is 6.75. The third kappa shape index (κ3) is 1.32. The van der Waals surface area contributed by atoms with Gasteiger partial charge < -0.3 is 4.43 Å². The van der Waals surface area contributed by atoms with Crippen LogP contribution in [0.25, 0.3) is 0 Å². The molecule has 1 aliphatic carbocycles. The van der Waals surface area contributed by atoms with Crippen LogP contribution in [-0.2, 0) is 4.43 Å². The SMILES string of the molecule is CC1(C)C2(CCCCC2)O[Si](C)(C)C1(C)C. The third-order valence-electron chi connectivity index (χ3n) is 6.32. The molecule has 2 heteroatoms. The van der Waals surface area contributed by atoms with Crippen LogP contribution >= 0.6 is 0 Å². The molecule has 1 saturated heterocycles. The van der Waals surface area contributed by atoms with E-state index < -0.39 is 8.32 Å². The van der Waals surface area contributed by atoms with Gasteiger partial charge in [-0.1, -0.05) is 47.0 Å². The molecule has 1 saturated carbocycles. The zero-order valence-corrected chi connectivity index (χ0v) is 12.9. The van der Waals surface area contributed by atoms with Crippen molar-refractivity contribution in [3.05, 3.63) is 0 Å². The molecule has 16 heavy (non-hydrogen) atoms. The summed E-state index contributed by atoms with van der Waals surface area (Å²) in [6.07, 6.45) is 6.72. The molecular weight excluding hydrogens is 212 g/mol. The van der Waals surface area contributed by atoms with Crippen molar-refractivity contribution in [2.75, 3.05) is 0 Å². The number of rotatable bonds is 0. The first-order valence-electron chi connectivity index (χ1n) is 6.87. The van der Waals surface area contributed by atoms with E-state index in [1.165, 1.54) is 32.1 Å². The lowest BCUT2D eigenvalue weighted by molar-refractivity contribution is -0.0502. The van der Waals surface area contributed by atoms with Crippen LogP contribution in [0.2, 0.25) is 18.1 Å². The predicted octanol–water partition coefficient (Wildman–Crippen LogP) is 4.73. The number of hydrogen-bond donors (Lipinski definition) is 0. The van der Waals surface area contributed by atoms with Gasteiger partial charge in [-0.25, -0.2) is 0 Å².